The first kappa shape index (κ1) is 22.2. The molecule has 2 N–H and O–H groups in total. The Kier molecular flexibility index (Phi) is 6.75. The second-order valence-corrected chi connectivity index (χ2v) is 7.76. The number of halogens is 2. The number of nitrogens with zero attached hydrogens (tertiary/aromatic N) is 3. The molecule has 7 heteroatoms. The van der Waals surface area contributed by atoms with Gasteiger partial charge < -0.3 is 10.6 Å². The van der Waals surface area contributed by atoms with Crippen molar-refractivity contribution in [2.24, 2.45) is 11.1 Å². The molecule has 0 radical (unpaired) electrons. The van der Waals surface area contributed by atoms with Crippen molar-refractivity contribution < 1.29 is 4.79 Å². The van der Waals surface area contributed by atoms with E-state index in [0.717, 1.165) is 29.7 Å². The lowest BCUT2D eigenvalue weighted by Gasteiger charge is -2.42. The largest absolute Gasteiger partial charge is 0.338 e. The van der Waals surface area contributed by atoms with Gasteiger partial charge in [-0.1, -0.05) is 26.0 Å². The summed E-state index contributed by atoms with van der Waals surface area (Å²) in [5.74, 6) is 0.0759. The molecule has 1 saturated heterocycles. The molecule has 3 aromatic rings. The zero-order valence-electron chi connectivity index (χ0n) is 16.0. The van der Waals surface area contributed by atoms with Crippen LogP contribution < -0.4 is 5.73 Å². The van der Waals surface area contributed by atoms with Crippen molar-refractivity contribution in [2.75, 3.05) is 13.1 Å². The van der Waals surface area contributed by atoms with Gasteiger partial charge in [0.15, 0.2) is 0 Å². The SMILES string of the molecule is CC1(C)CN(C(=O)c2ccc(-n3cnc4ccccc43)cc2)CCC1N.Cl.Cl. The van der Waals surface area contributed by atoms with Gasteiger partial charge in [-0.3, -0.25) is 9.36 Å². The van der Waals surface area contributed by atoms with E-state index >= 15 is 0 Å². The van der Waals surface area contributed by atoms with Crippen molar-refractivity contribution in [1.29, 1.82) is 0 Å². The van der Waals surface area contributed by atoms with Crippen LogP contribution in [0.15, 0.2) is 54.9 Å². The number of hydrogen-bond acceptors (Lipinski definition) is 3. The highest BCUT2D eigenvalue weighted by Gasteiger charge is 2.35. The summed E-state index contributed by atoms with van der Waals surface area (Å²) >= 11 is 0. The molecule has 1 amide bonds. The van der Waals surface area contributed by atoms with Gasteiger partial charge in [0, 0.05) is 30.4 Å². The molecular weight excluding hydrogens is 395 g/mol. The molecule has 1 aliphatic rings. The van der Waals surface area contributed by atoms with E-state index in [1.165, 1.54) is 0 Å². The highest BCUT2D eigenvalue weighted by Crippen LogP contribution is 2.28. The minimum Gasteiger partial charge on any atom is -0.338 e. The van der Waals surface area contributed by atoms with E-state index in [9.17, 15) is 4.79 Å². The average molecular weight is 421 g/mol. The number of fused-ring (bicyclic) bond motifs is 1. The van der Waals surface area contributed by atoms with Gasteiger partial charge in [0.2, 0.25) is 0 Å². The summed E-state index contributed by atoms with van der Waals surface area (Å²) in [5, 5.41) is 0. The first-order valence-electron chi connectivity index (χ1n) is 9.03. The maximum atomic E-state index is 12.9. The molecule has 5 nitrogen and oxygen atoms in total. The second kappa shape index (κ2) is 8.52. The van der Waals surface area contributed by atoms with E-state index in [0.29, 0.717) is 12.1 Å². The lowest BCUT2D eigenvalue weighted by Crippen LogP contribution is -2.53. The zero-order chi connectivity index (χ0) is 18.3. The Morgan fingerprint density at radius 2 is 1.79 bits per heavy atom. The van der Waals surface area contributed by atoms with Gasteiger partial charge in [0.05, 0.1) is 11.0 Å². The molecule has 0 spiro atoms. The van der Waals surface area contributed by atoms with Crippen LogP contribution in [0.3, 0.4) is 0 Å². The number of likely N-dealkylation sites (tertiary alicyclic amines) is 1. The fourth-order valence-corrected chi connectivity index (χ4v) is 3.66. The maximum absolute atomic E-state index is 12.9. The van der Waals surface area contributed by atoms with E-state index in [4.69, 9.17) is 5.73 Å². The lowest BCUT2D eigenvalue weighted by atomic mass is 9.79. The minimum absolute atomic E-state index is 0. The lowest BCUT2D eigenvalue weighted by molar-refractivity contribution is 0.0533. The Balaban J connectivity index is 0.00000140. The standard InChI is InChI=1S/C21H24N4O.2ClH/c1-21(2)13-24(12-11-19(21)22)20(26)15-7-9-16(10-8-15)25-14-23-17-5-3-4-6-18(17)25;;/h3-10,14,19H,11-13,22H2,1-2H3;2*1H. The van der Waals surface area contributed by atoms with Gasteiger partial charge in [-0.2, -0.15) is 0 Å². The molecule has 0 aliphatic carbocycles. The van der Waals surface area contributed by atoms with Crippen molar-refractivity contribution in [2.45, 2.75) is 26.3 Å². The number of amides is 1. The molecule has 1 aromatic heterocycles. The van der Waals surface area contributed by atoms with E-state index in [1.807, 2.05) is 64.3 Å². The normalized spacial score (nSPS) is 18.2. The molecule has 1 aliphatic heterocycles. The predicted molar refractivity (Wildman–Crippen MR) is 118 cm³/mol. The summed E-state index contributed by atoms with van der Waals surface area (Å²) in [7, 11) is 0. The van der Waals surface area contributed by atoms with E-state index < -0.39 is 0 Å². The maximum Gasteiger partial charge on any atom is 0.253 e. The number of carbonyl (C=O) groups excluding carboxylic acids is 1. The highest BCUT2D eigenvalue weighted by molar-refractivity contribution is 5.94. The number of imidazole rings is 1. The third kappa shape index (κ3) is 4.02. The van der Waals surface area contributed by atoms with Gasteiger partial charge in [0.25, 0.3) is 5.91 Å². The van der Waals surface area contributed by atoms with Gasteiger partial charge in [0.1, 0.15) is 6.33 Å². The zero-order valence-corrected chi connectivity index (χ0v) is 17.7. The van der Waals surface area contributed by atoms with Gasteiger partial charge in [-0.25, -0.2) is 4.98 Å². The first-order valence-corrected chi connectivity index (χ1v) is 9.03. The van der Waals surface area contributed by atoms with E-state index in [-0.39, 0.29) is 42.2 Å². The van der Waals surface area contributed by atoms with Crippen LogP contribution in [0, 0.1) is 5.41 Å². The van der Waals surface area contributed by atoms with E-state index in [2.05, 4.69) is 18.8 Å². The topological polar surface area (TPSA) is 64.2 Å². The van der Waals surface area contributed by atoms with Crippen LogP contribution in [0.1, 0.15) is 30.6 Å². The van der Waals surface area contributed by atoms with Crippen LogP contribution in [0.2, 0.25) is 0 Å². The number of carbonyl (C=O) groups is 1. The summed E-state index contributed by atoms with van der Waals surface area (Å²) in [5.41, 5.74) is 9.86. The fourth-order valence-electron chi connectivity index (χ4n) is 3.66. The number of piperidine rings is 1. The molecule has 2 heterocycles. The molecule has 150 valence electrons. The molecule has 1 atom stereocenters. The Morgan fingerprint density at radius 3 is 2.46 bits per heavy atom. The van der Waals surface area contributed by atoms with Crippen LogP contribution in [-0.4, -0.2) is 39.5 Å². The molecule has 1 unspecified atom stereocenters. The average Bonchev–Trinajstić information content (AvgIpc) is 3.07. The van der Waals surface area contributed by atoms with Gasteiger partial charge >= 0.3 is 0 Å². The number of hydrogen-bond donors (Lipinski definition) is 1. The summed E-state index contributed by atoms with van der Waals surface area (Å²) in [6.07, 6.45) is 2.66. The third-order valence-corrected chi connectivity index (χ3v) is 5.45. The molecule has 1 fully saturated rings. The molecule has 0 saturated carbocycles. The molecular formula is C21H26Cl2N4O. The summed E-state index contributed by atoms with van der Waals surface area (Å²) in [6.45, 7) is 5.67. The number of aromatic nitrogens is 2. The van der Waals surface area contributed by atoms with Crippen LogP contribution in [0.5, 0.6) is 0 Å². The third-order valence-electron chi connectivity index (χ3n) is 5.45. The molecule has 2 aromatic carbocycles. The summed E-state index contributed by atoms with van der Waals surface area (Å²) < 4.78 is 2.03. The Labute approximate surface area is 177 Å². The van der Waals surface area contributed by atoms with E-state index in [1.54, 1.807) is 0 Å². The van der Waals surface area contributed by atoms with Crippen molar-refractivity contribution in [1.82, 2.24) is 14.5 Å². The van der Waals surface area contributed by atoms with Crippen LogP contribution in [0.4, 0.5) is 0 Å². The van der Waals surface area contributed by atoms with Crippen molar-refractivity contribution in [3.63, 3.8) is 0 Å². The Hall–Kier alpha value is -2.08. The quantitative estimate of drug-likeness (QED) is 0.679. The van der Waals surface area contributed by atoms with Crippen molar-refractivity contribution in [3.05, 3.63) is 60.4 Å². The van der Waals surface area contributed by atoms with Crippen molar-refractivity contribution >= 4 is 41.8 Å². The number of nitrogens with two attached hydrogens (primary N) is 1. The number of benzene rings is 2. The Bertz CT molecular complexity index is 952. The van der Waals surface area contributed by atoms with Crippen molar-refractivity contribution in [3.8, 4) is 5.69 Å². The molecule has 28 heavy (non-hydrogen) atoms. The minimum atomic E-state index is -0.0520. The summed E-state index contributed by atoms with van der Waals surface area (Å²) in [6, 6.07) is 15.9. The van der Waals surface area contributed by atoms with Crippen LogP contribution >= 0.6 is 24.8 Å². The smallest absolute Gasteiger partial charge is 0.253 e. The highest BCUT2D eigenvalue weighted by atomic mass is 35.5. The summed E-state index contributed by atoms with van der Waals surface area (Å²) in [4.78, 5) is 19.2. The van der Waals surface area contributed by atoms with Crippen LogP contribution in [-0.2, 0) is 0 Å². The molecule has 4 rings (SSSR count). The van der Waals surface area contributed by atoms with Gasteiger partial charge in [-0.15, -0.1) is 24.8 Å². The van der Waals surface area contributed by atoms with Crippen LogP contribution in [0.25, 0.3) is 16.7 Å². The predicted octanol–water partition coefficient (Wildman–Crippen LogP) is 4.07. The second-order valence-electron chi connectivity index (χ2n) is 7.76. The Morgan fingerprint density at radius 1 is 1.11 bits per heavy atom. The van der Waals surface area contributed by atoms with Gasteiger partial charge in [-0.05, 0) is 48.2 Å². The first-order chi connectivity index (χ1) is 12.5. The number of para-hydroxylation sites is 2. The molecule has 0 bridgehead atoms. The number of rotatable bonds is 2. The monoisotopic (exact) mass is 420 g/mol. The fraction of sp³-hybridized carbons (Fsp3) is 0.333.